The van der Waals surface area contributed by atoms with Gasteiger partial charge in [0.1, 0.15) is 0 Å². The van der Waals surface area contributed by atoms with E-state index in [9.17, 15) is 0 Å². The van der Waals surface area contributed by atoms with Crippen LogP contribution in [0.2, 0.25) is 5.02 Å². The Kier molecular flexibility index (Phi) is 6.69. The Morgan fingerprint density at radius 1 is 1.20 bits per heavy atom. The van der Waals surface area contributed by atoms with Gasteiger partial charge in [-0.3, -0.25) is 0 Å². The smallest absolute Gasteiger partial charge is 0.227 e. The van der Waals surface area contributed by atoms with Gasteiger partial charge in [0.15, 0.2) is 17.0 Å². The number of benzene rings is 1. The molecule has 0 bridgehead atoms. The van der Waals surface area contributed by atoms with E-state index in [4.69, 9.17) is 27.3 Å². The number of rotatable bonds is 8. The molecular weight excluding hydrogens is 398 g/mol. The van der Waals surface area contributed by atoms with E-state index in [1.165, 1.54) is 0 Å². The number of hydrogen-bond acceptors (Lipinski definition) is 6. The first-order valence-corrected chi connectivity index (χ1v) is 11.2. The van der Waals surface area contributed by atoms with Gasteiger partial charge < -0.3 is 20.9 Å². The molecule has 3 aromatic rings. The number of hydrogen-bond donors (Lipinski definition) is 3. The van der Waals surface area contributed by atoms with E-state index in [2.05, 4.69) is 27.1 Å². The first-order valence-electron chi connectivity index (χ1n) is 10.9. The monoisotopic (exact) mass is 427 g/mol. The maximum absolute atomic E-state index is 6.13. The molecule has 0 unspecified atom stereocenters. The van der Waals surface area contributed by atoms with Crippen molar-refractivity contribution >= 4 is 34.5 Å². The fraction of sp³-hybridized carbons (Fsp3) is 0.500. The molecule has 0 amide bonds. The van der Waals surface area contributed by atoms with Crippen molar-refractivity contribution in [1.82, 2.24) is 19.5 Å². The van der Waals surface area contributed by atoms with Crippen LogP contribution in [0.3, 0.4) is 0 Å². The molecule has 2 aromatic heterocycles. The molecular formula is C22H30ClN7. The summed E-state index contributed by atoms with van der Waals surface area (Å²) in [5.41, 5.74) is 8.81. The zero-order valence-electron chi connectivity index (χ0n) is 17.4. The van der Waals surface area contributed by atoms with Gasteiger partial charge in [-0.05, 0) is 49.8 Å². The van der Waals surface area contributed by atoms with E-state index in [1.807, 2.05) is 30.6 Å². The topological polar surface area (TPSA) is 93.7 Å². The van der Waals surface area contributed by atoms with Crippen molar-refractivity contribution < 1.29 is 0 Å². The molecule has 7 nitrogen and oxygen atoms in total. The Balaban J connectivity index is 1.60. The molecule has 0 atom stereocenters. The van der Waals surface area contributed by atoms with E-state index in [0.29, 0.717) is 24.6 Å². The molecule has 1 aliphatic rings. The summed E-state index contributed by atoms with van der Waals surface area (Å²) in [5, 5.41) is 7.70. The lowest BCUT2D eigenvalue weighted by molar-refractivity contribution is 0.410. The average Bonchev–Trinajstić information content (AvgIpc) is 3.15. The maximum atomic E-state index is 6.13. The maximum Gasteiger partial charge on any atom is 0.227 e. The van der Waals surface area contributed by atoms with Gasteiger partial charge in [-0.15, -0.1) is 0 Å². The van der Waals surface area contributed by atoms with Crippen LogP contribution in [-0.4, -0.2) is 31.6 Å². The second kappa shape index (κ2) is 9.62. The van der Waals surface area contributed by atoms with Crippen molar-refractivity contribution in [3.05, 3.63) is 41.2 Å². The minimum atomic E-state index is 0.317. The van der Waals surface area contributed by atoms with Crippen LogP contribution in [0, 0.1) is 0 Å². The van der Waals surface area contributed by atoms with Crippen molar-refractivity contribution in [1.29, 1.82) is 0 Å². The first-order chi connectivity index (χ1) is 14.6. The van der Waals surface area contributed by atoms with Gasteiger partial charge in [-0.1, -0.05) is 37.1 Å². The Labute approximate surface area is 182 Å². The number of imidazole rings is 1. The highest BCUT2D eigenvalue weighted by Crippen LogP contribution is 2.25. The quantitative estimate of drug-likeness (QED) is 0.487. The average molecular weight is 428 g/mol. The Morgan fingerprint density at radius 2 is 2.03 bits per heavy atom. The van der Waals surface area contributed by atoms with Gasteiger partial charge in [-0.25, -0.2) is 4.98 Å². The molecule has 1 saturated carbocycles. The second-order valence-corrected chi connectivity index (χ2v) is 8.54. The molecule has 0 spiro atoms. The summed E-state index contributed by atoms with van der Waals surface area (Å²) >= 11 is 6.13. The minimum Gasteiger partial charge on any atom is -0.364 e. The summed E-state index contributed by atoms with van der Waals surface area (Å²) in [6.45, 7) is 3.70. The van der Waals surface area contributed by atoms with E-state index in [1.54, 1.807) is 0 Å². The SMILES string of the molecule is CCCCn1cnc2c(NCc3cccc(Cl)c3)nc(NC3CCC(N)CC3)nc21. The molecule has 1 aliphatic carbocycles. The highest BCUT2D eigenvalue weighted by molar-refractivity contribution is 6.30. The first kappa shape index (κ1) is 20.9. The lowest BCUT2D eigenvalue weighted by Gasteiger charge is -2.26. The molecule has 1 fully saturated rings. The third kappa shape index (κ3) is 5.02. The van der Waals surface area contributed by atoms with Crippen LogP contribution in [0.15, 0.2) is 30.6 Å². The molecule has 8 heteroatoms. The van der Waals surface area contributed by atoms with Crippen molar-refractivity contribution in [3.63, 3.8) is 0 Å². The number of aryl methyl sites for hydroxylation is 1. The summed E-state index contributed by atoms with van der Waals surface area (Å²) in [6.07, 6.45) is 8.24. The van der Waals surface area contributed by atoms with Crippen LogP contribution in [0.5, 0.6) is 0 Å². The van der Waals surface area contributed by atoms with E-state index >= 15 is 0 Å². The predicted molar refractivity (Wildman–Crippen MR) is 123 cm³/mol. The van der Waals surface area contributed by atoms with Crippen molar-refractivity contribution in [2.45, 2.75) is 70.6 Å². The standard InChI is InChI=1S/C22H30ClN7/c1-2-3-11-30-14-26-19-20(25-13-15-5-4-6-16(23)12-15)28-22(29-21(19)30)27-18-9-7-17(24)8-10-18/h4-6,12,14,17-18H,2-3,7-11,13,24H2,1H3,(H2,25,27,28,29). The molecule has 1 aromatic carbocycles. The van der Waals surface area contributed by atoms with Crippen LogP contribution in [0.1, 0.15) is 51.0 Å². The van der Waals surface area contributed by atoms with Crippen LogP contribution in [0.4, 0.5) is 11.8 Å². The molecule has 160 valence electrons. The van der Waals surface area contributed by atoms with Gasteiger partial charge in [0.05, 0.1) is 6.33 Å². The Hall–Kier alpha value is -2.38. The lowest BCUT2D eigenvalue weighted by Crippen LogP contribution is -2.33. The Bertz CT molecular complexity index is 979. The van der Waals surface area contributed by atoms with Crippen molar-refractivity contribution in [3.8, 4) is 0 Å². The van der Waals surface area contributed by atoms with E-state index < -0.39 is 0 Å². The lowest BCUT2D eigenvalue weighted by atomic mass is 9.92. The highest BCUT2D eigenvalue weighted by atomic mass is 35.5. The van der Waals surface area contributed by atoms with Crippen molar-refractivity contribution in [2.24, 2.45) is 5.73 Å². The fourth-order valence-corrected chi connectivity index (χ4v) is 4.12. The van der Waals surface area contributed by atoms with Gasteiger partial charge in [0.25, 0.3) is 0 Å². The third-order valence-corrected chi connectivity index (χ3v) is 5.91. The summed E-state index contributed by atoms with van der Waals surface area (Å²) in [7, 11) is 0. The van der Waals surface area contributed by atoms with E-state index in [-0.39, 0.29) is 0 Å². The molecule has 0 saturated heterocycles. The van der Waals surface area contributed by atoms with Crippen molar-refractivity contribution in [2.75, 3.05) is 10.6 Å². The molecule has 4 rings (SSSR count). The number of unbranched alkanes of at least 4 members (excludes halogenated alkanes) is 1. The highest BCUT2D eigenvalue weighted by Gasteiger charge is 2.20. The summed E-state index contributed by atoms with van der Waals surface area (Å²) in [6, 6.07) is 8.50. The number of nitrogens with zero attached hydrogens (tertiary/aromatic N) is 4. The number of nitrogens with two attached hydrogens (primary N) is 1. The largest absolute Gasteiger partial charge is 0.364 e. The number of halogens is 1. The normalized spacial score (nSPS) is 19.2. The molecule has 4 N–H and O–H groups in total. The molecule has 0 radical (unpaired) electrons. The zero-order chi connectivity index (χ0) is 20.9. The molecule has 30 heavy (non-hydrogen) atoms. The van der Waals surface area contributed by atoms with Gasteiger partial charge >= 0.3 is 0 Å². The van der Waals surface area contributed by atoms with E-state index in [0.717, 1.165) is 72.6 Å². The minimum absolute atomic E-state index is 0.317. The van der Waals surface area contributed by atoms with Gasteiger partial charge in [0, 0.05) is 30.2 Å². The van der Waals surface area contributed by atoms with Crippen LogP contribution in [-0.2, 0) is 13.1 Å². The molecule has 2 heterocycles. The fourth-order valence-electron chi connectivity index (χ4n) is 3.90. The van der Waals surface area contributed by atoms with Crippen LogP contribution in [0.25, 0.3) is 11.2 Å². The van der Waals surface area contributed by atoms with Gasteiger partial charge in [0.2, 0.25) is 5.95 Å². The molecule has 0 aliphatic heterocycles. The number of nitrogens with one attached hydrogen (secondary N) is 2. The zero-order valence-corrected chi connectivity index (χ0v) is 18.2. The van der Waals surface area contributed by atoms with Crippen LogP contribution < -0.4 is 16.4 Å². The predicted octanol–water partition coefficient (Wildman–Crippen LogP) is 4.57. The van der Waals surface area contributed by atoms with Crippen LogP contribution >= 0.6 is 11.6 Å². The third-order valence-electron chi connectivity index (χ3n) is 5.67. The van der Waals surface area contributed by atoms with Gasteiger partial charge in [-0.2, -0.15) is 9.97 Å². The number of anilines is 2. The Morgan fingerprint density at radius 3 is 2.80 bits per heavy atom. The number of fused-ring (bicyclic) bond motifs is 1. The second-order valence-electron chi connectivity index (χ2n) is 8.10. The summed E-state index contributed by atoms with van der Waals surface area (Å²) < 4.78 is 2.12. The number of aromatic nitrogens is 4. The summed E-state index contributed by atoms with van der Waals surface area (Å²) in [4.78, 5) is 14.2. The summed E-state index contributed by atoms with van der Waals surface area (Å²) in [5.74, 6) is 1.39.